The van der Waals surface area contributed by atoms with Crippen molar-refractivity contribution in [2.24, 2.45) is 11.8 Å². The summed E-state index contributed by atoms with van der Waals surface area (Å²) in [5.74, 6) is -0.103. The summed E-state index contributed by atoms with van der Waals surface area (Å²) in [5, 5.41) is 10.1. The third-order valence-electron chi connectivity index (χ3n) is 4.91. The van der Waals surface area contributed by atoms with Crippen molar-refractivity contribution in [3.8, 4) is 0 Å². The van der Waals surface area contributed by atoms with Crippen molar-refractivity contribution in [1.82, 2.24) is 0 Å². The first-order valence-corrected chi connectivity index (χ1v) is 9.55. The highest BCUT2D eigenvalue weighted by atomic mass is 35.5. The number of halogens is 1. The lowest BCUT2D eigenvalue weighted by Crippen LogP contribution is -2.31. The summed E-state index contributed by atoms with van der Waals surface area (Å²) in [4.78, 5) is 12.1. The molecule has 1 heterocycles. The number of esters is 1. The summed E-state index contributed by atoms with van der Waals surface area (Å²) >= 11 is 6.30. The fourth-order valence-electron chi connectivity index (χ4n) is 3.57. The molecular weight excluding hydrogens is 324 g/mol. The van der Waals surface area contributed by atoms with Gasteiger partial charge in [0.1, 0.15) is 6.10 Å². The summed E-state index contributed by atoms with van der Waals surface area (Å²) < 4.78 is 5.73. The minimum absolute atomic E-state index is 0.0496. The van der Waals surface area contributed by atoms with Crippen LogP contribution >= 0.6 is 11.6 Å². The Morgan fingerprint density at radius 3 is 2.67 bits per heavy atom. The summed E-state index contributed by atoms with van der Waals surface area (Å²) in [5.41, 5.74) is 0. The zero-order chi connectivity index (χ0) is 17.4. The van der Waals surface area contributed by atoms with Crippen LogP contribution in [0.25, 0.3) is 0 Å². The third kappa shape index (κ3) is 5.49. The van der Waals surface area contributed by atoms with E-state index < -0.39 is 6.10 Å². The molecule has 1 aliphatic carbocycles. The Hall–Kier alpha value is -1.06. The van der Waals surface area contributed by atoms with Crippen LogP contribution in [0.5, 0.6) is 0 Å². The van der Waals surface area contributed by atoms with Gasteiger partial charge >= 0.3 is 5.97 Å². The van der Waals surface area contributed by atoms with Crippen LogP contribution in [-0.4, -0.2) is 28.7 Å². The molecule has 134 valence electrons. The highest BCUT2D eigenvalue weighted by Gasteiger charge is 2.44. The summed E-state index contributed by atoms with van der Waals surface area (Å²) in [6.07, 6.45) is 17.2. The molecule has 0 aromatic heterocycles. The number of alkyl halides is 1. The number of aliphatic hydroxyl groups is 1. The van der Waals surface area contributed by atoms with Gasteiger partial charge in [-0.3, -0.25) is 4.79 Å². The fourth-order valence-corrected chi connectivity index (χ4v) is 3.95. The molecule has 4 heteroatoms. The van der Waals surface area contributed by atoms with Crippen LogP contribution in [0.3, 0.4) is 0 Å². The zero-order valence-corrected chi connectivity index (χ0v) is 15.2. The average Bonchev–Trinajstić information content (AvgIpc) is 2.84. The van der Waals surface area contributed by atoms with Crippen molar-refractivity contribution in [1.29, 1.82) is 0 Å². The zero-order valence-electron chi connectivity index (χ0n) is 14.4. The van der Waals surface area contributed by atoms with Gasteiger partial charge in [-0.2, -0.15) is 0 Å². The first-order chi connectivity index (χ1) is 11.6. The van der Waals surface area contributed by atoms with Crippen LogP contribution in [0.1, 0.15) is 51.9 Å². The van der Waals surface area contributed by atoms with E-state index in [1.807, 2.05) is 6.92 Å². The van der Waals surface area contributed by atoms with Crippen molar-refractivity contribution >= 4 is 17.6 Å². The van der Waals surface area contributed by atoms with E-state index >= 15 is 0 Å². The first-order valence-electron chi connectivity index (χ1n) is 9.11. The maximum atomic E-state index is 12.1. The smallest absolute Gasteiger partial charge is 0.306 e. The summed E-state index contributed by atoms with van der Waals surface area (Å²) in [6, 6.07) is 0. The Balaban J connectivity index is 2.14. The molecule has 1 unspecified atom stereocenters. The Morgan fingerprint density at radius 2 is 1.92 bits per heavy atom. The molecule has 1 N–H and O–H groups in total. The Labute approximate surface area is 150 Å². The van der Waals surface area contributed by atoms with E-state index in [9.17, 15) is 9.90 Å². The van der Waals surface area contributed by atoms with E-state index in [4.69, 9.17) is 16.3 Å². The minimum atomic E-state index is -0.577. The summed E-state index contributed by atoms with van der Waals surface area (Å²) in [7, 11) is 0. The molecule has 0 amide bonds. The first kappa shape index (κ1) is 19.3. The molecule has 2 rings (SSSR count). The van der Waals surface area contributed by atoms with Crippen LogP contribution in [0.4, 0.5) is 0 Å². The van der Waals surface area contributed by atoms with Gasteiger partial charge in [0.15, 0.2) is 0 Å². The minimum Gasteiger partial charge on any atom is -0.462 e. The lowest BCUT2D eigenvalue weighted by molar-refractivity contribution is -0.153. The van der Waals surface area contributed by atoms with Gasteiger partial charge in [-0.15, -0.1) is 11.6 Å². The van der Waals surface area contributed by atoms with E-state index in [-0.39, 0.29) is 29.3 Å². The standard InChI is InChI=1S/C20H29ClO3/c1-2-18-16-14-17(21)20(23)15(16)12-10-8-6-4-3-5-7-9-11-13-19(22)24-18/h4-7,10,12,15-18,20,23H,2-3,8-9,11,13-14H2,1H3/b6-4-,7-5-,12-10-/t15-,16+,17+,18-,20?/m0/s1. The number of aliphatic hydroxyl groups excluding tert-OH is 1. The average molecular weight is 353 g/mol. The SMILES string of the molecule is CC[C@@H]1OC(=O)CCC/C=C\C/C=C\C/C=C\[C@@H]2C(O)[C@H](Cl)C[C@@H]12. The lowest BCUT2D eigenvalue weighted by Gasteiger charge is -2.27. The Bertz CT molecular complexity index is 483. The molecule has 0 aromatic rings. The fraction of sp³-hybridized carbons (Fsp3) is 0.650. The van der Waals surface area contributed by atoms with E-state index in [1.165, 1.54) is 0 Å². The van der Waals surface area contributed by atoms with Gasteiger partial charge in [-0.1, -0.05) is 43.4 Å². The van der Waals surface area contributed by atoms with Gasteiger partial charge in [-0.05, 0) is 38.5 Å². The largest absolute Gasteiger partial charge is 0.462 e. The molecule has 0 aromatic carbocycles. The second kappa shape index (κ2) is 10.0. The Kier molecular flexibility index (Phi) is 8.07. The number of ether oxygens (including phenoxy) is 1. The van der Waals surface area contributed by atoms with Crippen molar-refractivity contribution in [3.63, 3.8) is 0 Å². The molecule has 2 aliphatic rings. The highest BCUT2D eigenvalue weighted by Crippen LogP contribution is 2.40. The molecule has 1 saturated carbocycles. The van der Waals surface area contributed by atoms with Crippen LogP contribution in [0.2, 0.25) is 0 Å². The molecule has 5 atom stereocenters. The van der Waals surface area contributed by atoms with Gasteiger partial charge in [-0.25, -0.2) is 0 Å². The van der Waals surface area contributed by atoms with Gasteiger partial charge in [0.2, 0.25) is 0 Å². The van der Waals surface area contributed by atoms with Crippen LogP contribution in [-0.2, 0) is 9.53 Å². The maximum absolute atomic E-state index is 12.1. The number of cyclic esters (lactones) is 1. The quantitative estimate of drug-likeness (QED) is 0.428. The second-order valence-corrected chi connectivity index (χ2v) is 7.22. The predicted molar refractivity (Wildman–Crippen MR) is 97.9 cm³/mol. The van der Waals surface area contributed by atoms with E-state index in [1.54, 1.807) is 0 Å². The second-order valence-electron chi connectivity index (χ2n) is 6.65. The molecule has 3 nitrogen and oxygen atoms in total. The van der Waals surface area contributed by atoms with Gasteiger partial charge in [0.05, 0.1) is 11.5 Å². The number of rotatable bonds is 1. The number of carbonyl (C=O) groups excluding carboxylic acids is 1. The Morgan fingerprint density at radius 1 is 1.21 bits per heavy atom. The van der Waals surface area contributed by atoms with E-state index in [0.29, 0.717) is 12.8 Å². The van der Waals surface area contributed by atoms with Gasteiger partial charge in [0, 0.05) is 18.3 Å². The molecule has 1 fully saturated rings. The van der Waals surface area contributed by atoms with Crippen LogP contribution < -0.4 is 0 Å². The van der Waals surface area contributed by atoms with E-state index in [2.05, 4.69) is 36.5 Å². The third-order valence-corrected chi connectivity index (χ3v) is 5.34. The van der Waals surface area contributed by atoms with Crippen molar-refractivity contribution in [3.05, 3.63) is 36.5 Å². The number of hydrogen-bond acceptors (Lipinski definition) is 3. The maximum Gasteiger partial charge on any atom is 0.306 e. The molecule has 0 spiro atoms. The molecule has 1 aliphatic heterocycles. The van der Waals surface area contributed by atoms with Gasteiger partial charge < -0.3 is 9.84 Å². The molecule has 24 heavy (non-hydrogen) atoms. The number of fused-ring (bicyclic) bond motifs is 1. The number of hydrogen-bond donors (Lipinski definition) is 1. The number of allylic oxidation sites excluding steroid dienone is 5. The molecule has 0 radical (unpaired) electrons. The van der Waals surface area contributed by atoms with Crippen LogP contribution in [0.15, 0.2) is 36.5 Å². The highest BCUT2D eigenvalue weighted by molar-refractivity contribution is 6.21. The van der Waals surface area contributed by atoms with Crippen molar-refractivity contribution in [2.45, 2.75) is 69.5 Å². The lowest BCUT2D eigenvalue weighted by atomic mass is 9.88. The van der Waals surface area contributed by atoms with Crippen LogP contribution in [0, 0.1) is 11.8 Å². The number of carbonyl (C=O) groups is 1. The predicted octanol–water partition coefficient (Wildman–Crippen LogP) is 4.55. The van der Waals surface area contributed by atoms with Crippen molar-refractivity contribution < 1.29 is 14.6 Å². The monoisotopic (exact) mass is 352 g/mol. The molecular formula is C20H29ClO3. The van der Waals surface area contributed by atoms with Gasteiger partial charge in [0.25, 0.3) is 0 Å². The molecule has 0 bridgehead atoms. The summed E-state index contributed by atoms with van der Waals surface area (Å²) in [6.45, 7) is 2.02. The van der Waals surface area contributed by atoms with E-state index in [0.717, 1.165) is 32.1 Å². The molecule has 0 saturated heterocycles. The van der Waals surface area contributed by atoms with Crippen molar-refractivity contribution in [2.75, 3.05) is 0 Å². The normalized spacial score (nSPS) is 39.6. The topological polar surface area (TPSA) is 46.5 Å².